The summed E-state index contributed by atoms with van der Waals surface area (Å²) >= 11 is 7.44. The molecule has 0 atom stereocenters. The minimum Gasteiger partial charge on any atom is -0.451 e. The number of anilines is 2. The van der Waals surface area contributed by atoms with Crippen LogP contribution in [0.1, 0.15) is 16.1 Å². The highest BCUT2D eigenvalue weighted by Crippen LogP contribution is 2.18. The Labute approximate surface area is 176 Å². The zero-order chi connectivity index (χ0) is 20.6. The van der Waals surface area contributed by atoms with Crippen molar-refractivity contribution in [3.05, 3.63) is 70.8 Å². The number of amides is 1. The fourth-order valence-corrected chi connectivity index (χ4v) is 3.23. The van der Waals surface area contributed by atoms with Crippen LogP contribution in [0, 0.1) is 0 Å². The lowest BCUT2D eigenvalue weighted by molar-refractivity contribution is -0.119. The summed E-state index contributed by atoms with van der Waals surface area (Å²) in [5.41, 5.74) is 1.00. The van der Waals surface area contributed by atoms with Crippen LogP contribution in [-0.2, 0) is 16.1 Å². The second-order valence-electron chi connectivity index (χ2n) is 5.80. The summed E-state index contributed by atoms with van der Waals surface area (Å²) in [5, 5.41) is 12.6. The fourth-order valence-electron chi connectivity index (χ4n) is 2.34. The molecule has 0 fully saturated rings. The van der Waals surface area contributed by atoms with Crippen molar-refractivity contribution in [1.29, 1.82) is 0 Å². The first kappa shape index (κ1) is 20.6. The molecule has 0 spiro atoms. The van der Waals surface area contributed by atoms with E-state index >= 15 is 0 Å². The number of carbonyl (C=O) groups excluding carboxylic acids is 2. The summed E-state index contributed by atoms with van der Waals surface area (Å²) in [6, 6.07) is 9.03. The lowest BCUT2D eigenvalue weighted by Gasteiger charge is -2.10. The van der Waals surface area contributed by atoms with Crippen molar-refractivity contribution in [2.45, 2.75) is 6.54 Å². The molecule has 1 aromatic carbocycles. The molecule has 0 unspecified atom stereocenters. The van der Waals surface area contributed by atoms with Crippen LogP contribution in [0.15, 0.2) is 54.6 Å². The summed E-state index contributed by atoms with van der Waals surface area (Å²) in [7, 11) is 0. The van der Waals surface area contributed by atoms with Gasteiger partial charge in [-0.05, 0) is 11.6 Å². The van der Waals surface area contributed by atoms with Crippen molar-refractivity contribution in [1.82, 2.24) is 14.8 Å². The van der Waals surface area contributed by atoms with E-state index in [4.69, 9.17) is 16.3 Å². The Balaban J connectivity index is 1.53. The van der Waals surface area contributed by atoms with E-state index in [1.807, 2.05) is 18.2 Å². The zero-order valence-electron chi connectivity index (χ0n) is 15.3. The van der Waals surface area contributed by atoms with E-state index in [1.54, 1.807) is 34.5 Å². The second-order valence-corrected chi connectivity index (χ2v) is 7.06. The number of benzene rings is 1. The number of nitrogens with zero attached hydrogens (tertiary/aromatic N) is 3. The van der Waals surface area contributed by atoms with Crippen LogP contribution < -0.4 is 10.6 Å². The van der Waals surface area contributed by atoms with Crippen molar-refractivity contribution < 1.29 is 14.3 Å². The molecule has 10 heteroatoms. The van der Waals surface area contributed by atoms with E-state index in [1.165, 1.54) is 11.3 Å². The van der Waals surface area contributed by atoms with Crippen molar-refractivity contribution in [3.63, 3.8) is 0 Å². The number of aromatic nitrogens is 3. The van der Waals surface area contributed by atoms with Crippen molar-refractivity contribution in [2.75, 3.05) is 23.8 Å². The topological polar surface area (TPSA) is 98.1 Å². The summed E-state index contributed by atoms with van der Waals surface area (Å²) in [6.45, 7) is 4.08. The van der Waals surface area contributed by atoms with Crippen LogP contribution in [0.2, 0.25) is 5.02 Å². The Morgan fingerprint density at radius 2 is 2.14 bits per heavy atom. The van der Waals surface area contributed by atoms with Gasteiger partial charge < -0.3 is 15.4 Å². The maximum atomic E-state index is 12.2. The molecule has 0 bridgehead atoms. The molecule has 0 aliphatic rings. The molecule has 2 aromatic heterocycles. The molecule has 8 nitrogen and oxygen atoms in total. The number of carbonyl (C=O) groups is 2. The molecule has 0 aliphatic carbocycles. The number of hydrogen-bond acceptors (Lipinski definition) is 7. The SMILES string of the molecule is C=CCNc1nc(C(=O)OCC(=O)Nc2ccnn2Cc2ccccc2Cl)cs1. The predicted molar refractivity (Wildman–Crippen MR) is 112 cm³/mol. The van der Waals surface area contributed by atoms with E-state index in [0.29, 0.717) is 29.1 Å². The Morgan fingerprint density at radius 3 is 2.93 bits per heavy atom. The third-order valence-corrected chi connectivity index (χ3v) is 4.88. The first-order valence-corrected chi connectivity index (χ1v) is 9.85. The Bertz CT molecular complexity index is 1020. The molecule has 0 radical (unpaired) electrons. The van der Waals surface area contributed by atoms with Gasteiger partial charge in [0.1, 0.15) is 5.82 Å². The van der Waals surface area contributed by atoms with Gasteiger partial charge in [0, 0.05) is 23.0 Å². The number of rotatable bonds is 9. The average molecular weight is 432 g/mol. The highest BCUT2D eigenvalue weighted by molar-refractivity contribution is 7.13. The van der Waals surface area contributed by atoms with Crippen LogP contribution >= 0.6 is 22.9 Å². The van der Waals surface area contributed by atoms with Gasteiger partial charge >= 0.3 is 5.97 Å². The number of nitrogens with one attached hydrogen (secondary N) is 2. The van der Waals surface area contributed by atoms with Crippen molar-refractivity contribution >= 4 is 45.8 Å². The lowest BCUT2D eigenvalue weighted by Crippen LogP contribution is -2.23. The Kier molecular flexibility index (Phi) is 6.99. The highest BCUT2D eigenvalue weighted by atomic mass is 35.5. The van der Waals surface area contributed by atoms with E-state index in [2.05, 4.69) is 27.3 Å². The van der Waals surface area contributed by atoms with E-state index < -0.39 is 18.5 Å². The Hall–Kier alpha value is -3.17. The third kappa shape index (κ3) is 5.66. The molecule has 2 N–H and O–H groups in total. The summed E-state index contributed by atoms with van der Waals surface area (Å²) < 4.78 is 6.62. The van der Waals surface area contributed by atoms with E-state index in [9.17, 15) is 9.59 Å². The van der Waals surface area contributed by atoms with Gasteiger partial charge in [0.15, 0.2) is 17.4 Å². The minimum atomic E-state index is -0.673. The van der Waals surface area contributed by atoms with Gasteiger partial charge in [-0.3, -0.25) is 4.79 Å². The maximum Gasteiger partial charge on any atom is 0.358 e. The number of ether oxygens (including phenoxy) is 1. The first-order valence-electron chi connectivity index (χ1n) is 8.59. The summed E-state index contributed by atoms with van der Waals surface area (Å²) in [4.78, 5) is 28.3. The molecule has 29 heavy (non-hydrogen) atoms. The average Bonchev–Trinajstić information content (AvgIpc) is 3.36. The zero-order valence-corrected chi connectivity index (χ0v) is 16.9. The van der Waals surface area contributed by atoms with E-state index in [-0.39, 0.29) is 5.69 Å². The predicted octanol–water partition coefficient (Wildman–Crippen LogP) is 3.43. The Morgan fingerprint density at radius 1 is 1.31 bits per heavy atom. The number of thiazole rings is 1. The molecule has 0 saturated heterocycles. The van der Waals surface area contributed by atoms with Gasteiger partial charge in [-0.15, -0.1) is 17.9 Å². The molecule has 3 rings (SSSR count). The highest BCUT2D eigenvalue weighted by Gasteiger charge is 2.15. The first-order chi connectivity index (χ1) is 14.1. The maximum absolute atomic E-state index is 12.2. The number of halogens is 1. The van der Waals surface area contributed by atoms with Gasteiger partial charge in [-0.2, -0.15) is 5.10 Å². The molecule has 3 aromatic rings. The molecule has 2 heterocycles. The van der Waals surface area contributed by atoms with Crippen molar-refractivity contribution in [2.24, 2.45) is 0 Å². The molecular weight excluding hydrogens is 414 g/mol. The molecule has 150 valence electrons. The van der Waals surface area contributed by atoms with E-state index in [0.717, 1.165) is 5.56 Å². The second kappa shape index (κ2) is 9.85. The van der Waals surface area contributed by atoms with Crippen LogP contribution in [0.5, 0.6) is 0 Å². The van der Waals surface area contributed by atoms with Gasteiger partial charge in [0.05, 0.1) is 12.7 Å². The largest absolute Gasteiger partial charge is 0.451 e. The molecule has 0 aliphatic heterocycles. The fraction of sp³-hybridized carbons (Fsp3) is 0.158. The van der Waals surface area contributed by atoms with Gasteiger partial charge in [-0.1, -0.05) is 35.9 Å². The standard InChI is InChI=1S/C19H18ClN5O3S/c1-2-8-21-19-23-15(12-29-19)18(27)28-11-17(26)24-16-7-9-22-25(16)10-13-5-3-4-6-14(13)20/h2-7,9,12H,1,8,10-11H2,(H,21,23)(H,24,26). The third-order valence-electron chi connectivity index (χ3n) is 3.71. The molecule has 1 amide bonds. The summed E-state index contributed by atoms with van der Waals surface area (Å²) in [6.07, 6.45) is 3.24. The van der Waals surface area contributed by atoms with Gasteiger partial charge in [0.25, 0.3) is 5.91 Å². The molecular formula is C19H18ClN5O3S. The number of hydrogen-bond donors (Lipinski definition) is 2. The van der Waals surface area contributed by atoms with Crippen LogP contribution in [0.3, 0.4) is 0 Å². The van der Waals surface area contributed by atoms with Crippen LogP contribution in [0.4, 0.5) is 10.9 Å². The summed E-state index contributed by atoms with van der Waals surface area (Å²) in [5.74, 6) is -0.692. The van der Waals surface area contributed by atoms with Gasteiger partial charge in [0.2, 0.25) is 0 Å². The van der Waals surface area contributed by atoms with Crippen LogP contribution in [-0.4, -0.2) is 39.8 Å². The van der Waals surface area contributed by atoms with Gasteiger partial charge in [-0.25, -0.2) is 14.5 Å². The lowest BCUT2D eigenvalue weighted by atomic mass is 10.2. The molecule has 0 saturated carbocycles. The van der Waals surface area contributed by atoms with Crippen LogP contribution in [0.25, 0.3) is 0 Å². The minimum absolute atomic E-state index is 0.137. The smallest absolute Gasteiger partial charge is 0.358 e. The normalized spacial score (nSPS) is 10.4. The number of esters is 1. The van der Waals surface area contributed by atoms with Crippen molar-refractivity contribution in [3.8, 4) is 0 Å². The monoisotopic (exact) mass is 431 g/mol. The quantitative estimate of drug-likeness (QED) is 0.398.